The molecule has 0 spiro atoms. The molecule has 1 heterocycles. The fourth-order valence-corrected chi connectivity index (χ4v) is 2.59. The first-order valence-corrected chi connectivity index (χ1v) is 6.63. The highest BCUT2D eigenvalue weighted by Gasteiger charge is 2.35. The van der Waals surface area contributed by atoms with Gasteiger partial charge in [-0.3, -0.25) is 19.7 Å². The van der Waals surface area contributed by atoms with Gasteiger partial charge in [0.2, 0.25) is 0 Å². The third kappa shape index (κ3) is 2.97. The molecule has 1 aromatic rings. The molecule has 0 radical (unpaired) electrons. The maximum absolute atomic E-state index is 12.4. The molecule has 1 fully saturated rings. The summed E-state index contributed by atoms with van der Waals surface area (Å²) in [6.45, 7) is 0.509. The number of nitro benzene ring substituents is 1. The van der Waals surface area contributed by atoms with Crippen molar-refractivity contribution in [2.45, 2.75) is 6.42 Å². The summed E-state index contributed by atoms with van der Waals surface area (Å²) in [4.78, 5) is 35.7. The molecule has 8 heteroatoms. The lowest BCUT2D eigenvalue weighted by atomic mass is 10.1. The number of amides is 1. The van der Waals surface area contributed by atoms with Crippen molar-refractivity contribution in [3.05, 3.63) is 38.9 Å². The Labute approximate surface area is 125 Å². The van der Waals surface area contributed by atoms with Gasteiger partial charge in [-0.2, -0.15) is 0 Å². The first kappa shape index (κ1) is 15.2. The number of methoxy groups -OCH3 is 1. The van der Waals surface area contributed by atoms with E-state index >= 15 is 0 Å². The SMILES string of the molecule is COC(=O)C1CCN(C(=O)c2c(Cl)cccc2[N+](=O)[O-])C1. The number of nitrogens with zero attached hydrogens (tertiary/aromatic N) is 2. The van der Waals surface area contributed by atoms with Crippen molar-refractivity contribution in [3.63, 3.8) is 0 Å². The molecule has 1 aliphatic rings. The van der Waals surface area contributed by atoms with Crippen LogP contribution >= 0.6 is 11.6 Å². The van der Waals surface area contributed by atoms with E-state index < -0.39 is 16.7 Å². The summed E-state index contributed by atoms with van der Waals surface area (Å²) in [7, 11) is 1.28. The van der Waals surface area contributed by atoms with Crippen LogP contribution in [0.4, 0.5) is 5.69 Å². The molecule has 0 saturated carbocycles. The number of ether oxygens (including phenoxy) is 1. The lowest BCUT2D eigenvalue weighted by molar-refractivity contribution is -0.385. The van der Waals surface area contributed by atoms with Crippen LogP contribution in [-0.4, -0.2) is 41.9 Å². The fourth-order valence-electron chi connectivity index (χ4n) is 2.34. The van der Waals surface area contributed by atoms with Crippen LogP contribution in [0, 0.1) is 16.0 Å². The van der Waals surface area contributed by atoms with E-state index in [4.69, 9.17) is 11.6 Å². The summed E-state index contributed by atoms with van der Waals surface area (Å²) in [5.74, 6) is -1.34. The first-order chi connectivity index (χ1) is 9.95. The van der Waals surface area contributed by atoms with Crippen LogP contribution in [0.2, 0.25) is 5.02 Å². The molecular formula is C13H13ClN2O5. The molecule has 1 atom stereocenters. The van der Waals surface area contributed by atoms with Gasteiger partial charge in [-0.05, 0) is 12.5 Å². The van der Waals surface area contributed by atoms with Crippen molar-refractivity contribution in [2.75, 3.05) is 20.2 Å². The second-order valence-corrected chi connectivity index (χ2v) is 5.06. The van der Waals surface area contributed by atoms with Crippen LogP contribution in [0.15, 0.2) is 18.2 Å². The Morgan fingerprint density at radius 2 is 2.19 bits per heavy atom. The number of esters is 1. The van der Waals surface area contributed by atoms with Crippen LogP contribution in [0.5, 0.6) is 0 Å². The van der Waals surface area contributed by atoms with Gasteiger partial charge in [0.15, 0.2) is 0 Å². The van der Waals surface area contributed by atoms with Gasteiger partial charge in [0.1, 0.15) is 5.56 Å². The Hall–Kier alpha value is -2.15. The monoisotopic (exact) mass is 312 g/mol. The summed E-state index contributed by atoms with van der Waals surface area (Å²) in [6.07, 6.45) is 0.469. The Kier molecular flexibility index (Phi) is 4.42. The second kappa shape index (κ2) is 6.09. The molecule has 0 N–H and O–H groups in total. The van der Waals surface area contributed by atoms with Gasteiger partial charge in [-0.25, -0.2) is 0 Å². The normalized spacial score (nSPS) is 17.6. The molecule has 21 heavy (non-hydrogen) atoms. The van der Waals surface area contributed by atoms with Crippen LogP contribution in [-0.2, 0) is 9.53 Å². The van der Waals surface area contributed by atoms with E-state index in [9.17, 15) is 19.7 Å². The molecule has 7 nitrogen and oxygen atoms in total. The summed E-state index contributed by atoms with van der Waals surface area (Å²) >= 11 is 5.93. The zero-order valence-corrected chi connectivity index (χ0v) is 12.0. The van der Waals surface area contributed by atoms with E-state index in [-0.39, 0.29) is 28.8 Å². The number of rotatable bonds is 3. The maximum atomic E-state index is 12.4. The quantitative estimate of drug-likeness (QED) is 0.483. The molecule has 0 aromatic heterocycles. The van der Waals surface area contributed by atoms with Crippen LogP contribution in [0.3, 0.4) is 0 Å². The Morgan fingerprint density at radius 3 is 2.81 bits per heavy atom. The number of likely N-dealkylation sites (tertiary alicyclic amines) is 1. The molecule has 1 saturated heterocycles. The van der Waals surface area contributed by atoms with Crippen LogP contribution in [0.1, 0.15) is 16.8 Å². The number of carbonyl (C=O) groups excluding carboxylic acids is 2. The topological polar surface area (TPSA) is 89.8 Å². The summed E-state index contributed by atoms with van der Waals surface area (Å²) in [5.41, 5.74) is -0.483. The Bertz CT molecular complexity index is 604. The van der Waals surface area contributed by atoms with Gasteiger partial charge in [0.25, 0.3) is 11.6 Å². The third-order valence-electron chi connectivity index (χ3n) is 3.41. The number of halogens is 1. The lowest BCUT2D eigenvalue weighted by Crippen LogP contribution is -2.31. The highest BCUT2D eigenvalue weighted by atomic mass is 35.5. The number of benzene rings is 1. The minimum Gasteiger partial charge on any atom is -0.469 e. The van der Waals surface area contributed by atoms with E-state index in [0.29, 0.717) is 13.0 Å². The van der Waals surface area contributed by atoms with E-state index in [2.05, 4.69) is 4.74 Å². The van der Waals surface area contributed by atoms with Gasteiger partial charge in [0, 0.05) is 19.2 Å². The van der Waals surface area contributed by atoms with Crippen molar-refractivity contribution in [1.29, 1.82) is 0 Å². The molecule has 2 rings (SSSR count). The van der Waals surface area contributed by atoms with Crippen molar-refractivity contribution in [3.8, 4) is 0 Å². The third-order valence-corrected chi connectivity index (χ3v) is 3.73. The van der Waals surface area contributed by atoms with Gasteiger partial charge in [-0.15, -0.1) is 0 Å². The van der Waals surface area contributed by atoms with Crippen molar-refractivity contribution in [2.24, 2.45) is 5.92 Å². The minimum atomic E-state index is -0.646. The zero-order valence-electron chi connectivity index (χ0n) is 11.2. The average Bonchev–Trinajstić information content (AvgIpc) is 2.95. The van der Waals surface area contributed by atoms with Crippen molar-refractivity contribution >= 4 is 29.2 Å². The molecule has 0 bridgehead atoms. The number of carbonyl (C=O) groups is 2. The highest BCUT2D eigenvalue weighted by molar-refractivity contribution is 6.34. The van der Waals surface area contributed by atoms with Gasteiger partial charge >= 0.3 is 5.97 Å². The van der Waals surface area contributed by atoms with Crippen LogP contribution < -0.4 is 0 Å². The average molecular weight is 313 g/mol. The van der Waals surface area contributed by atoms with Crippen LogP contribution in [0.25, 0.3) is 0 Å². The van der Waals surface area contributed by atoms with E-state index in [0.717, 1.165) is 0 Å². The molecule has 0 aliphatic carbocycles. The summed E-state index contributed by atoms with van der Waals surface area (Å²) in [6, 6.07) is 4.07. The number of hydrogen-bond donors (Lipinski definition) is 0. The van der Waals surface area contributed by atoms with Gasteiger partial charge in [0.05, 0.1) is 23.0 Å². The molecule has 1 unspecified atom stereocenters. The Morgan fingerprint density at radius 1 is 1.48 bits per heavy atom. The second-order valence-electron chi connectivity index (χ2n) is 4.65. The smallest absolute Gasteiger partial charge is 0.310 e. The first-order valence-electron chi connectivity index (χ1n) is 6.25. The fraction of sp³-hybridized carbons (Fsp3) is 0.385. The predicted molar refractivity (Wildman–Crippen MR) is 74.1 cm³/mol. The number of hydrogen-bond acceptors (Lipinski definition) is 5. The maximum Gasteiger partial charge on any atom is 0.310 e. The molecule has 1 amide bonds. The molecule has 1 aliphatic heterocycles. The molecule has 112 valence electrons. The van der Waals surface area contributed by atoms with E-state index in [1.54, 1.807) is 0 Å². The predicted octanol–water partition coefficient (Wildman–Crippen LogP) is 1.88. The summed E-state index contributed by atoms with van der Waals surface area (Å²) < 4.78 is 4.64. The zero-order chi connectivity index (χ0) is 15.6. The van der Waals surface area contributed by atoms with Crippen molar-refractivity contribution < 1.29 is 19.2 Å². The van der Waals surface area contributed by atoms with Gasteiger partial charge in [-0.1, -0.05) is 17.7 Å². The van der Waals surface area contributed by atoms with Crippen molar-refractivity contribution in [1.82, 2.24) is 4.90 Å². The standard InChI is InChI=1S/C13H13ClN2O5/c1-21-13(18)8-5-6-15(7-8)12(17)11-9(14)3-2-4-10(11)16(19)20/h2-4,8H,5-7H2,1H3. The summed E-state index contributed by atoms with van der Waals surface area (Å²) in [5, 5.41) is 11.0. The van der Waals surface area contributed by atoms with E-state index in [1.807, 2.05) is 0 Å². The molecule has 1 aromatic carbocycles. The molecular weight excluding hydrogens is 300 g/mol. The lowest BCUT2D eigenvalue weighted by Gasteiger charge is -2.16. The van der Waals surface area contributed by atoms with E-state index in [1.165, 1.54) is 30.2 Å². The van der Waals surface area contributed by atoms with Gasteiger partial charge < -0.3 is 9.64 Å². The number of nitro groups is 1. The highest BCUT2D eigenvalue weighted by Crippen LogP contribution is 2.29. The Balaban J connectivity index is 2.26. The largest absolute Gasteiger partial charge is 0.469 e. The minimum absolute atomic E-state index is 0.0238.